The summed E-state index contributed by atoms with van der Waals surface area (Å²) in [5.41, 5.74) is 3.04. The molecule has 1 aliphatic heterocycles. The predicted molar refractivity (Wildman–Crippen MR) is 129 cm³/mol. The van der Waals surface area contributed by atoms with Gasteiger partial charge in [0.25, 0.3) is 5.91 Å². The van der Waals surface area contributed by atoms with Gasteiger partial charge in [0.05, 0.1) is 11.5 Å². The smallest absolute Gasteiger partial charge is 0.276 e. The second-order valence-electron chi connectivity index (χ2n) is 9.52. The summed E-state index contributed by atoms with van der Waals surface area (Å²) in [5.74, 6) is 0.143. The van der Waals surface area contributed by atoms with Crippen molar-refractivity contribution in [3.63, 3.8) is 0 Å². The van der Waals surface area contributed by atoms with Gasteiger partial charge >= 0.3 is 0 Å². The quantitative estimate of drug-likeness (QED) is 0.500. The van der Waals surface area contributed by atoms with Crippen LogP contribution in [0.25, 0.3) is 11.3 Å². The Morgan fingerprint density at radius 3 is 2.36 bits per heavy atom. The first-order valence-corrected chi connectivity index (χ1v) is 13.1. The van der Waals surface area contributed by atoms with E-state index in [-0.39, 0.29) is 28.5 Å². The molecule has 0 unspecified atom stereocenters. The van der Waals surface area contributed by atoms with Gasteiger partial charge in [-0.05, 0) is 47.2 Å². The van der Waals surface area contributed by atoms with Crippen LogP contribution in [0.5, 0.6) is 0 Å². The summed E-state index contributed by atoms with van der Waals surface area (Å²) in [5, 5.41) is 4.58. The van der Waals surface area contributed by atoms with E-state index in [1.165, 1.54) is 5.56 Å². The van der Waals surface area contributed by atoms with Crippen molar-refractivity contribution in [1.29, 1.82) is 0 Å². The first-order valence-electron chi connectivity index (χ1n) is 10.9. The van der Waals surface area contributed by atoms with Crippen molar-refractivity contribution in [1.82, 2.24) is 10.1 Å². The van der Waals surface area contributed by atoms with E-state index in [2.05, 4.69) is 38.1 Å². The Balaban J connectivity index is 1.61. The van der Waals surface area contributed by atoms with Crippen LogP contribution in [-0.2, 0) is 21.8 Å². The Hall–Kier alpha value is -2.64. The highest BCUT2D eigenvalue weighted by atomic mass is 35.5. The van der Waals surface area contributed by atoms with Gasteiger partial charge < -0.3 is 9.42 Å². The van der Waals surface area contributed by atoms with Gasteiger partial charge in [0.15, 0.2) is 21.3 Å². The molecular weight excluding hydrogens is 460 g/mol. The topological polar surface area (TPSA) is 80.5 Å². The third-order valence-corrected chi connectivity index (χ3v) is 7.94. The molecule has 4 rings (SSSR count). The van der Waals surface area contributed by atoms with Crippen LogP contribution in [0.2, 0.25) is 5.02 Å². The molecule has 6 nitrogen and oxygen atoms in total. The molecule has 174 valence electrons. The molecule has 0 aliphatic carbocycles. The minimum Gasteiger partial charge on any atom is -0.355 e. The van der Waals surface area contributed by atoms with E-state index in [1.807, 2.05) is 12.1 Å². The first kappa shape index (κ1) is 23.5. The summed E-state index contributed by atoms with van der Waals surface area (Å²) in [6.07, 6.45) is 0.413. The first-order chi connectivity index (χ1) is 15.5. The zero-order chi connectivity index (χ0) is 23.8. The average Bonchev–Trinajstić information content (AvgIpc) is 3.38. The van der Waals surface area contributed by atoms with E-state index in [9.17, 15) is 13.2 Å². The Labute approximate surface area is 199 Å². The van der Waals surface area contributed by atoms with Crippen molar-refractivity contribution >= 4 is 27.3 Å². The molecule has 0 radical (unpaired) electrons. The van der Waals surface area contributed by atoms with Gasteiger partial charge in [0, 0.05) is 29.2 Å². The molecule has 1 atom stereocenters. The molecular formula is C25H27ClN2O4S. The molecule has 33 heavy (non-hydrogen) atoms. The van der Waals surface area contributed by atoms with Crippen molar-refractivity contribution < 1.29 is 17.7 Å². The summed E-state index contributed by atoms with van der Waals surface area (Å²) < 4.78 is 29.7. The fourth-order valence-corrected chi connectivity index (χ4v) is 5.82. The number of hydrogen-bond acceptors (Lipinski definition) is 5. The number of halogens is 1. The molecule has 3 aromatic rings. The zero-order valence-corrected chi connectivity index (χ0v) is 20.5. The number of amides is 1. The van der Waals surface area contributed by atoms with Gasteiger partial charge in [-0.25, -0.2) is 8.42 Å². The summed E-state index contributed by atoms with van der Waals surface area (Å²) in [7, 11) is -3.17. The van der Waals surface area contributed by atoms with Gasteiger partial charge in [-0.3, -0.25) is 4.79 Å². The number of sulfone groups is 1. The van der Waals surface area contributed by atoms with Crippen LogP contribution in [-0.4, -0.2) is 41.9 Å². The summed E-state index contributed by atoms with van der Waals surface area (Å²) in [4.78, 5) is 15.1. The van der Waals surface area contributed by atoms with Crippen molar-refractivity contribution in [2.24, 2.45) is 0 Å². The Kier molecular flexibility index (Phi) is 6.38. The lowest BCUT2D eigenvalue weighted by Gasteiger charge is -2.28. The molecule has 1 fully saturated rings. The van der Waals surface area contributed by atoms with Gasteiger partial charge in [-0.2, -0.15) is 0 Å². The van der Waals surface area contributed by atoms with Crippen LogP contribution in [0.4, 0.5) is 0 Å². The Bertz CT molecular complexity index is 1240. The van der Waals surface area contributed by atoms with Crippen LogP contribution in [0, 0.1) is 0 Å². The fourth-order valence-electron chi connectivity index (χ4n) is 3.97. The van der Waals surface area contributed by atoms with E-state index >= 15 is 0 Å². The standard InChI is InChI=1S/C25H27ClN2O4S/c1-25(2,3)19-8-4-17(5-9-19)15-28(21-12-13-33(30,31)16-21)24(29)22-14-23(32-27-22)18-6-10-20(26)11-7-18/h4-11,14,21H,12-13,15-16H2,1-3H3/t21-/m0/s1. The lowest BCUT2D eigenvalue weighted by molar-refractivity contribution is 0.0670. The third-order valence-electron chi connectivity index (χ3n) is 5.94. The molecule has 0 N–H and O–H groups in total. The van der Waals surface area contributed by atoms with E-state index in [1.54, 1.807) is 35.2 Å². The fraction of sp³-hybridized carbons (Fsp3) is 0.360. The molecule has 2 aromatic carbocycles. The Morgan fingerprint density at radius 1 is 1.12 bits per heavy atom. The highest BCUT2D eigenvalue weighted by Gasteiger charge is 2.36. The summed E-state index contributed by atoms with van der Waals surface area (Å²) in [6.45, 7) is 6.73. The number of carbonyl (C=O) groups excluding carboxylic acids is 1. The normalized spacial score (nSPS) is 17.8. The lowest BCUT2D eigenvalue weighted by Crippen LogP contribution is -2.40. The Morgan fingerprint density at radius 2 is 1.79 bits per heavy atom. The maximum Gasteiger partial charge on any atom is 0.276 e. The minimum absolute atomic E-state index is 0.0202. The predicted octanol–water partition coefficient (Wildman–Crippen LogP) is 5.12. The molecule has 1 aliphatic rings. The maximum absolute atomic E-state index is 13.5. The van der Waals surface area contributed by atoms with Gasteiger partial charge in [-0.1, -0.05) is 61.8 Å². The van der Waals surface area contributed by atoms with Crippen molar-refractivity contribution in [3.8, 4) is 11.3 Å². The molecule has 2 heterocycles. The van der Waals surface area contributed by atoms with Crippen LogP contribution < -0.4 is 0 Å². The highest BCUT2D eigenvalue weighted by molar-refractivity contribution is 7.91. The second kappa shape index (κ2) is 8.95. The SMILES string of the molecule is CC(C)(C)c1ccc(CN(C(=O)c2cc(-c3ccc(Cl)cc3)on2)[C@H]2CCS(=O)(=O)C2)cc1. The maximum atomic E-state index is 13.5. The van der Waals surface area contributed by atoms with Gasteiger partial charge in [-0.15, -0.1) is 0 Å². The number of nitrogens with zero attached hydrogens (tertiary/aromatic N) is 2. The minimum atomic E-state index is -3.17. The lowest BCUT2D eigenvalue weighted by atomic mass is 9.86. The summed E-state index contributed by atoms with van der Waals surface area (Å²) in [6, 6.07) is 16.3. The average molecular weight is 487 g/mol. The number of benzene rings is 2. The van der Waals surface area contributed by atoms with Gasteiger partial charge in [0.2, 0.25) is 0 Å². The summed E-state index contributed by atoms with van der Waals surface area (Å²) >= 11 is 5.95. The number of rotatable bonds is 5. The number of carbonyl (C=O) groups is 1. The van der Waals surface area contributed by atoms with Crippen LogP contribution in [0.3, 0.4) is 0 Å². The second-order valence-corrected chi connectivity index (χ2v) is 12.2. The van der Waals surface area contributed by atoms with Crippen LogP contribution in [0.15, 0.2) is 59.1 Å². The van der Waals surface area contributed by atoms with Crippen LogP contribution in [0.1, 0.15) is 48.8 Å². The molecule has 0 bridgehead atoms. The molecule has 8 heteroatoms. The molecule has 1 amide bonds. The van der Waals surface area contributed by atoms with Crippen molar-refractivity contribution in [2.45, 2.75) is 45.2 Å². The monoisotopic (exact) mass is 486 g/mol. The highest BCUT2D eigenvalue weighted by Crippen LogP contribution is 2.27. The van der Waals surface area contributed by atoms with E-state index < -0.39 is 15.9 Å². The van der Waals surface area contributed by atoms with Crippen molar-refractivity contribution in [3.05, 3.63) is 76.4 Å². The number of aromatic nitrogens is 1. The molecule has 1 saturated heterocycles. The van der Waals surface area contributed by atoms with Gasteiger partial charge in [0.1, 0.15) is 0 Å². The van der Waals surface area contributed by atoms with E-state index in [0.29, 0.717) is 23.7 Å². The van der Waals surface area contributed by atoms with E-state index in [4.69, 9.17) is 16.1 Å². The molecule has 1 aromatic heterocycles. The molecule has 0 saturated carbocycles. The largest absolute Gasteiger partial charge is 0.355 e. The number of hydrogen-bond donors (Lipinski definition) is 0. The van der Waals surface area contributed by atoms with E-state index in [0.717, 1.165) is 11.1 Å². The van der Waals surface area contributed by atoms with Crippen molar-refractivity contribution in [2.75, 3.05) is 11.5 Å². The zero-order valence-electron chi connectivity index (χ0n) is 18.9. The van der Waals surface area contributed by atoms with Crippen LogP contribution >= 0.6 is 11.6 Å². The molecule has 0 spiro atoms. The third kappa shape index (κ3) is 5.47.